The minimum absolute atomic E-state index is 0.364. The van der Waals surface area contributed by atoms with E-state index in [1.54, 1.807) is 6.20 Å². The molecule has 0 atom stereocenters. The molecule has 0 aromatic carbocycles. The van der Waals surface area contributed by atoms with E-state index in [-0.39, 0.29) is 0 Å². The van der Waals surface area contributed by atoms with Gasteiger partial charge < -0.3 is 0 Å². The second-order valence-electron chi connectivity index (χ2n) is 3.67. The molecule has 0 aliphatic heterocycles. The van der Waals surface area contributed by atoms with Crippen LogP contribution in [0.4, 0.5) is 0 Å². The molecule has 0 radical (unpaired) electrons. The number of aromatic nitrogens is 1. The summed E-state index contributed by atoms with van der Waals surface area (Å²) in [6.07, 6.45) is 3.59. The van der Waals surface area contributed by atoms with E-state index >= 15 is 0 Å². The van der Waals surface area contributed by atoms with Crippen molar-refractivity contribution in [3.8, 4) is 6.07 Å². The minimum atomic E-state index is 0.364. The maximum Gasteiger partial charge on any atom is 0.0871 e. The zero-order valence-electron chi connectivity index (χ0n) is 8.94. The zero-order valence-corrected chi connectivity index (χ0v) is 10.5. The van der Waals surface area contributed by atoms with Crippen molar-refractivity contribution < 1.29 is 0 Å². The van der Waals surface area contributed by atoms with E-state index in [0.29, 0.717) is 12.6 Å². The molecule has 4 heteroatoms. The lowest BCUT2D eigenvalue weighted by Crippen LogP contribution is -2.30. The van der Waals surface area contributed by atoms with E-state index < -0.39 is 0 Å². The van der Waals surface area contributed by atoms with E-state index in [1.165, 1.54) is 0 Å². The smallest absolute Gasteiger partial charge is 0.0871 e. The molecule has 0 fully saturated rings. The van der Waals surface area contributed by atoms with Crippen LogP contribution in [0.25, 0.3) is 0 Å². The summed E-state index contributed by atoms with van der Waals surface area (Å²) in [5.41, 5.74) is 1.12. The number of rotatable bonds is 4. The van der Waals surface area contributed by atoms with E-state index in [2.05, 4.69) is 45.7 Å². The number of halogens is 1. The van der Waals surface area contributed by atoms with Crippen LogP contribution < -0.4 is 0 Å². The Morgan fingerprint density at radius 1 is 1.53 bits per heavy atom. The van der Waals surface area contributed by atoms with Crippen LogP contribution in [0.5, 0.6) is 0 Å². The van der Waals surface area contributed by atoms with Gasteiger partial charge in [-0.2, -0.15) is 5.26 Å². The average molecular weight is 268 g/mol. The third kappa shape index (κ3) is 3.98. The van der Waals surface area contributed by atoms with Crippen LogP contribution >= 0.6 is 15.9 Å². The fourth-order valence-electron chi connectivity index (χ4n) is 1.29. The molecule has 0 aliphatic rings. The lowest BCUT2D eigenvalue weighted by atomic mass is 10.2. The number of hydrogen-bond acceptors (Lipinski definition) is 3. The van der Waals surface area contributed by atoms with Gasteiger partial charge in [0.05, 0.1) is 12.6 Å². The van der Waals surface area contributed by atoms with E-state index in [9.17, 15) is 0 Å². The fraction of sp³-hybridized carbons (Fsp3) is 0.455. The van der Waals surface area contributed by atoms with Crippen molar-refractivity contribution >= 4 is 15.9 Å². The SMILES string of the molecule is CC(C)N(CC#N)Cc1cncc(Br)c1. The highest BCUT2D eigenvalue weighted by Gasteiger charge is 2.09. The molecular formula is C11H14BrN3. The molecule has 3 nitrogen and oxygen atoms in total. The van der Waals surface area contributed by atoms with E-state index in [4.69, 9.17) is 5.26 Å². The van der Waals surface area contributed by atoms with E-state index in [1.807, 2.05) is 12.3 Å². The lowest BCUT2D eigenvalue weighted by Gasteiger charge is -2.23. The van der Waals surface area contributed by atoms with Crippen LogP contribution in [0.15, 0.2) is 22.9 Å². The summed E-state index contributed by atoms with van der Waals surface area (Å²) in [5.74, 6) is 0. The number of nitriles is 1. The molecular weight excluding hydrogens is 254 g/mol. The third-order valence-corrected chi connectivity index (χ3v) is 2.58. The molecule has 0 unspecified atom stereocenters. The van der Waals surface area contributed by atoms with Crippen LogP contribution in [0.2, 0.25) is 0 Å². The highest BCUT2D eigenvalue weighted by molar-refractivity contribution is 9.10. The second kappa shape index (κ2) is 5.84. The number of pyridine rings is 1. The fourth-order valence-corrected chi connectivity index (χ4v) is 1.70. The van der Waals surface area contributed by atoms with Gasteiger partial charge in [-0.1, -0.05) is 0 Å². The topological polar surface area (TPSA) is 39.9 Å². The summed E-state index contributed by atoms with van der Waals surface area (Å²) >= 11 is 3.38. The average Bonchev–Trinajstić information content (AvgIpc) is 2.17. The summed E-state index contributed by atoms with van der Waals surface area (Å²) in [7, 11) is 0. The number of nitrogens with zero attached hydrogens (tertiary/aromatic N) is 3. The molecule has 0 spiro atoms. The highest BCUT2D eigenvalue weighted by Crippen LogP contribution is 2.12. The van der Waals surface area contributed by atoms with Gasteiger partial charge in [0.1, 0.15) is 0 Å². The van der Waals surface area contributed by atoms with E-state index in [0.717, 1.165) is 16.6 Å². The van der Waals surface area contributed by atoms with Crippen LogP contribution in [-0.4, -0.2) is 22.5 Å². The zero-order chi connectivity index (χ0) is 11.3. The molecule has 0 saturated heterocycles. The Kier molecular flexibility index (Phi) is 4.73. The first-order valence-corrected chi connectivity index (χ1v) is 5.63. The summed E-state index contributed by atoms with van der Waals surface area (Å²) in [6, 6.07) is 4.57. The van der Waals surface area contributed by atoms with Crippen molar-refractivity contribution in [3.63, 3.8) is 0 Å². The van der Waals surface area contributed by atoms with Gasteiger partial charge in [-0.25, -0.2) is 0 Å². The molecule has 1 rings (SSSR count). The normalized spacial score (nSPS) is 10.7. The first-order chi connectivity index (χ1) is 7.13. The Morgan fingerprint density at radius 2 is 2.27 bits per heavy atom. The largest absolute Gasteiger partial charge is 0.284 e. The molecule has 80 valence electrons. The highest BCUT2D eigenvalue weighted by atomic mass is 79.9. The molecule has 0 saturated carbocycles. The van der Waals surface area contributed by atoms with Gasteiger partial charge in [0.25, 0.3) is 0 Å². The maximum atomic E-state index is 8.70. The van der Waals surface area contributed by atoms with Gasteiger partial charge in [-0.05, 0) is 41.4 Å². The van der Waals surface area contributed by atoms with Crippen LogP contribution in [0.3, 0.4) is 0 Å². The van der Waals surface area contributed by atoms with Gasteiger partial charge in [-0.3, -0.25) is 9.88 Å². The Labute approximate surface area is 98.9 Å². The Hall–Kier alpha value is -0.920. The monoisotopic (exact) mass is 267 g/mol. The summed E-state index contributed by atoms with van der Waals surface area (Å²) in [5, 5.41) is 8.70. The minimum Gasteiger partial charge on any atom is -0.284 e. The van der Waals surface area contributed by atoms with Crippen molar-refractivity contribution in [2.45, 2.75) is 26.4 Å². The van der Waals surface area contributed by atoms with Gasteiger partial charge in [0.15, 0.2) is 0 Å². The lowest BCUT2D eigenvalue weighted by molar-refractivity contribution is 0.240. The van der Waals surface area contributed by atoms with Gasteiger partial charge in [0, 0.05) is 29.5 Å². The Balaban J connectivity index is 2.70. The predicted octanol–water partition coefficient (Wildman–Crippen LogP) is 2.58. The standard InChI is InChI=1S/C11H14BrN3/c1-9(2)15(4-3-13)8-10-5-11(12)7-14-6-10/h5-7,9H,4,8H2,1-2H3. The summed E-state index contributed by atoms with van der Waals surface area (Å²) in [4.78, 5) is 6.20. The quantitative estimate of drug-likeness (QED) is 0.788. The van der Waals surface area contributed by atoms with Crippen LogP contribution in [0.1, 0.15) is 19.4 Å². The number of hydrogen-bond donors (Lipinski definition) is 0. The Bertz CT molecular complexity index is 357. The van der Waals surface area contributed by atoms with Gasteiger partial charge in [0.2, 0.25) is 0 Å². The van der Waals surface area contributed by atoms with Crippen molar-refractivity contribution in [2.75, 3.05) is 6.54 Å². The van der Waals surface area contributed by atoms with Gasteiger partial charge in [-0.15, -0.1) is 0 Å². The van der Waals surface area contributed by atoms with Gasteiger partial charge >= 0.3 is 0 Å². The van der Waals surface area contributed by atoms with Crippen molar-refractivity contribution in [1.82, 2.24) is 9.88 Å². The predicted molar refractivity (Wildman–Crippen MR) is 63.1 cm³/mol. The third-order valence-electron chi connectivity index (χ3n) is 2.15. The first-order valence-electron chi connectivity index (χ1n) is 4.84. The first kappa shape index (κ1) is 12.2. The van der Waals surface area contributed by atoms with Crippen molar-refractivity contribution in [1.29, 1.82) is 5.26 Å². The molecule has 0 aliphatic carbocycles. The van der Waals surface area contributed by atoms with Crippen molar-refractivity contribution in [3.05, 3.63) is 28.5 Å². The second-order valence-corrected chi connectivity index (χ2v) is 4.58. The maximum absolute atomic E-state index is 8.70. The summed E-state index contributed by atoms with van der Waals surface area (Å²) < 4.78 is 0.973. The molecule has 0 bridgehead atoms. The molecule has 1 aromatic heterocycles. The molecule has 0 amide bonds. The van der Waals surface area contributed by atoms with Crippen LogP contribution in [0, 0.1) is 11.3 Å². The van der Waals surface area contributed by atoms with Crippen molar-refractivity contribution in [2.24, 2.45) is 0 Å². The molecule has 1 heterocycles. The van der Waals surface area contributed by atoms with Crippen LogP contribution in [-0.2, 0) is 6.54 Å². The summed E-state index contributed by atoms with van der Waals surface area (Å²) in [6.45, 7) is 5.38. The molecule has 1 aromatic rings. The Morgan fingerprint density at radius 3 is 2.80 bits per heavy atom. The molecule has 0 N–H and O–H groups in total. The molecule has 15 heavy (non-hydrogen) atoms.